The van der Waals surface area contributed by atoms with Crippen LogP contribution < -0.4 is 0 Å². The lowest BCUT2D eigenvalue weighted by atomic mass is 9.81. The van der Waals surface area contributed by atoms with Crippen molar-refractivity contribution in [3.63, 3.8) is 0 Å². The summed E-state index contributed by atoms with van der Waals surface area (Å²) in [6.45, 7) is 4.74. The van der Waals surface area contributed by atoms with E-state index in [1.807, 2.05) is 12.1 Å². The molecule has 0 saturated heterocycles. The number of hydrogen-bond acceptors (Lipinski definition) is 0. The molecule has 0 heterocycles. The summed E-state index contributed by atoms with van der Waals surface area (Å²) in [6, 6.07) is 6.05. The Labute approximate surface area is 202 Å². The van der Waals surface area contributed by atoms with Crippen LogP contribution in [-0.2, 0) is 6.42 Å². The topological polar surface area (TPSA) is 0 Å². The maximum atomic E-state index is 6.16. The molecule has 0 radical (unpaired) electrons. The van der Waals surface area contributed by atoms with Crippen molar-refractivity contribution in [2.45, 2.75) is 123 Å². The molecule has 1 aromatic carbocycles. The van der Waals surface area contributed by atoms with E-state index in [1.165, 1.54) is 108 Å². The zero-order valence-electron chi connectivity index (χ0n) is 19.6. The minimum absolute atomic E-state index is 0.321. The predicted molar refractivity (Wildman–Crippen MR) is 139 cm³/mol. The van der Waals surface area contributed by atoms with Gasteiger partial charge >= 0.3 is 0 Å². The van der Waals surface area contributed by atoms with Crippen LogP contribution in [0, 0.1) is 5.41 Å². The van der Waals surface area contributed by atoms with Gasteiger partial charge in [0.25, 0.3) is 0 Å². The van der Waals surface area contributed by atoms with E-state index in [0.717, 1.165) is 12.3 Å². The number of benzene rings is 1. The van der Waals surface area contributed by atoms with Gasteiger partial charge in [0, 0.05) is 5.88 Å². The first-order valence-electron chi connectivity index (χ1n) is 12.4. The van der Waals surface area contributed by atoms with E-state index in [0.29, 0.717) is 15.5 Å². The van der Waals surface area contributed by atoms with Crippen molar-refractivity contribution in [1.82, 2.24) is 0 Å². The van der Waals surface area contributed by atoms with Gasteiger partial charge in [-0.05, 0) is 42.4 Å². The summed E-state index contributed by atoms with van der Waals surface area (Å²) in [5.74, 6) is 0.831. The molecule has 0 aliphatic carbocycles. The molecule has 3 heteroatoms. The van der Waals surface area contributed by atoms with Gasteiger partial charge in [0.05, 0.1) is 10.0 Å². The Balaban J connectivity index is 1.91. The third kappa shape index (κ3) is 15.0. The van der Waals surface area contributed by atoms with Gasteiger partial charge < -0.3 is 0 Å². The van der Waals surface area contributed by atoms with E-state index in [2.05, 4.69) is 19.9 Å². The summed E-state index contributed by atoms with van der Waals surface area (Å²) in [6.07, 6.45) is 23.1. The van der Waals surface area contributed by atoms with Gasteiger partial charge in [-0.25, -0.2) is 0 Å². The lowest BCUT2D eigenvalue weighted by Crippen LogP contribution is -2.15. The summed E-state index contributed by atoms with van der Waals surface area (Å²) in [5.41, 5.74) is 1.61. The second-order valence-corrected chi connectivity index (χ2v) is 11.0. The molecular formula is C27H45Cl3. The number of rotatable bonds is 19. The molecule has 0 bridgehead atoms. The quantitative estimate of drug-likeness (QED) is 0.138. The minimum atomic E-state index is 0.321. The molecule has 0 amide bonds. The van der Waals surface area contributed by atoms with Crippen molar-refractivity contribution in [2.75, 3.05) is 5.88 Å². The zero-order valence-corrected chi connectivity index (χ0v) is 21.9. The number of alkyl halides is 1. The van der Waals surface area contributed by atoms with Crippen LogP contribution in [0.15, 0.2) is 18.2 Å². The van der Waals surface area contributed by atoms with Crippen LogP contribution in [0.25, 0.3) is 0 Å². The smallest absolute Gasteiger partial charge is 0.0595 e. The fraction of sp³-hybridized carbons (Fsp3) is 0.778. The molecule has 0 aliphatic heterocycles. The largest absolute Gasteiger partial charge is 0.127 e. The Bertz CT molecular complexity index is 539. The van der Waals surface area contributed by atoms with Crippen LogP contribution in [0.1, 0.15) is 122 Å². The highest BCUT2D eigenvalue weighted by Crippen LogP contribution is 2.31. The van der Waals surface area contributed by atoms with Crippen molar-refractivity contribution in [3.8, 4) is 0 Å². The molecule has 0 unspecified atom stereocenters. The van der Waals surface area contributed by atoms with Crippen LogP contribution >= 0.6 is 34.8 Å². The minimum Gasteiger partial charge on any atom is -0.127 e. The molecule has 1 rings (SSSR count). The third-order valence-electron chi connectivity index (χ3n) is 6.15. The van der Waals surface area contributed by atoms with Crippen molar-refractivity contribution >= 4 is 34.8 Å². The van der Waals surface area contributed by atoms with Gasteiger partial charge in [-0.2, -0.15) is 0 Å². The van der Waals surface area contributed by atoms with E-state index in [1.54, 1.807) is 0 Å². The summed E-state index contributed by atoms with van der Waals surface area (Å²) >= 11 is 17.9. The molecule has 0 aliphatic rings. The highest BCUT2D eigenvalue weighted by atomic mass is 35.5. The first kappa shape index (κ1) is 28.1. The summed E-state index contributed by atoms with van der Waals surface area (Å²) in [4.78, 5) is 0. The molecule has 174 valence electrons. The van der Waals surface area contributed by atoms with Crippen LogP contribution in [0.4, 0.5) is 0 Å². The average Bonchev–Trinajstić information content (AvgIpc) is 2.70. The van der Waals surface area contributed by atoms with Gasteiger partial charge in [0.15, 0.2) is 0 Å². The summed E-state index contributed by atoms with van der Waals surface area (Å²) < 4.78 is 0. The van der Waals surface area contributed by atoms with Crippen molar-refractivity contribution in [2.24, 2.45) is 5.41 Å². The van der Waals surface area contributed by atoms with Crippen molar-refractivity contribution < 1.29 is 0 Å². The lowest BCUT2D eigenvalue weighted by Gasteiger charge is -2.25. The van der Waals surface area contributed by atoms with Crippen LogP contribution in [0.3, 0.4) is 0 Å². The normalized spacial score (nSPS) is 11.9. The first-order valence-corrected chi connectivity index (χ1v) is 13.7. The Morgan fingerprint density at radius 1 is 0.600 bits per heavy atom. The first-order chi connectivity index (χ1) is 14.4. The molecule has 0 saturated carbocycles. The molecule has 30 heavy (non-hydrogen) atoms. The zero-order chi connectivity index (χ0) is 22.1. The second kappa shape index (κ2) is 17.6. The van der Waals surface area contributed by atoms with Gasteiger partial charge in [-0.15, -0.1) is 11.6 Å². The molecule has 0 fully saturated rings. The van der Waals surface area contributed by atoms with E-state index in [4.69, 9.17) is 34.8 Å². The molecule has 1 aromatic rings. The highest BCUT2D eigenvalue weighted by Gasteiger charge is 2.18. The summed E-state index contributed by atoms with van der Waals surface area (Å²) in [5, 5.41) is 1.31. The predicted octanol–water partition coefficient (Wildman–Crippen LogP) is 11.0. The summed E-state index contributed by atoms with van der Waals surface area (Å²) in [7, 11) is 0. The van der Waals surface area contributed by atoms with Gasteiger partial charge in [0.2, 0.25) is 0 Å². The maximum Gasteiger partial charge on any atom is 0.0595 e. The van der Waals surface area contributed by atoms with Gasteiger partial charge in [-0.1, -0.05) is 133 Å². The average molecular weight is 476 g/mol. The molecule has 0 N–H and O–H groups in total. The Morgan fingerprint density at radius 2 is 1.03 bits per heavy atom. The Kier molecular flexibility index (Phi) is 16.5. The standard InChI is InChI=1S/C27H45Cl3/c1-27(2,23-24-18-19-25(29)26(30)22-24)20-16-14-12-10-8-6-4-3-5-7-9-11-13-15-17-21-28/h18-19,22H,3-17,20-21,23H2,1-2H3. The van der Waals surface area contributed by atoms with Crippen molar-refractivity contribution in [3.05, 3.63) is 33.8 Å². The van der Waals surface area contributed by atoms with Crippen LogP contribution in [-0.4, -0.2) is 5.88 Å². The highest BCUT2D eigenvalue weighted by molar-refractivity contribution is 6.42. The van der Waals surface area contributed by atoms with Crippen molar-refractivity contribution in [1.29, 1.82) is 0 Å². The molecular weight excluding hydrogens is 431 g/mol. The van der Waals surface area contributed by atoms with Crippen LogP contribution in [0.2, 0.25) is 10.0 Å². The van der Waals surface area contributed by atoms with E-state index in [-0.39, 0.29) is 0 Å². The van der Waals surface area contributed by atoms with Gasteiger partial charge in [0.1, 0.15) is 0 Å². The van der Waals surface area contributed by atoms with Crippen LogP contribution in [0.5, 0.6) is 0 Å². The number of hydrogen-bond donors (Lipinski definition) is 0. The van der Waals surface area contributed by atoms with E-state index < -0.39 is 0 Å². The fourth-order valence-electron chi connectivity index (χ4n) is 4.29. The van der Waals surface area contributed by atoms with E-state index >= 15 is 0 Å². The molecule has 0 spiro atoms. The third-order valence-corrected chi connectivity index (χ3v) is 7.16. The lowest BCUT2D eigenvalue weighted by molar-refractivity contribution is 0.316. The Morgan fingerprint density at radius 3 is 1.47 bits per heavy atom. The molecule has 0 nitrogen and oxygen atoms in total. The second-order valence-electron chi connectivity index (χ2n) is 9.83. The Hall–Kier alpha value is 0.0900. The monoisotopic (exact) mass is 474 g/mol. The fourth-order valence-corrected chi connectivity index (χ4v) is 4.80. The molecule has 0 atom stereocenters. The number of halogens is 3. The molecule has 0 aromatic heterocycles. The number of unbranched alkanes of at least 4 members (excludes halogenated alkanes) is 14. The maximum absolute atomic E-state index is 6.16. The SMILES string of the molecule is CC(C)(CCCCCCCCCCCCCCCCCCl)Cc1ccc(Cl)c(Cl)c1. The van der Waals surface area contributed by atoms with E-state index in [9.17, 15) is 0 Å². The van der Waals surface area contributed by atoms with Gasteiger partial charge in [-0.3, -0.25) is 0 Å².